The van der Waals surface area contributed by atoms with Gasteiger partial charge in [-0.25, -0.2) is 4.68 Å². The van der Waals surface area contributed by atoms with E-state index in [0.717, 1.165) is 11.1 Å². The van der Waals surface area contributed by atoms with E-state index in [4.69, 9.17) is 0 Å². The van der Waals surface area contributed by atoms with Gasteiger partial charge in [-0.2, -0.15) is 0 Å². The summed E-state index contributed by atoms with van der Waals surface area (Å²) in [5.74, 6) is -0.0342. The molecule has 0 unspecified atom stereocenters. The van der Waals surface area contributed by atoms with Crippen molar-refractivity contribution in [2.45, 2.75) is 26.2 Å². The van der Waals surface area contributed by atoms with Crippen molar-refractivity contribution < 1.29 is 4.79 Å². The molecular formula is C14H17N3O. The number of hydrogen-bond acceptors (Lipinski definition) is 3. The lowest BCUT2D eigenvalue weighted by molar-refractivity contribution is 0.102. The van der Waals surface area contributed by atoms with Crippen LogP contribution in [0.5, 0.6) is 0 Å². The number of carbonyl (C=O) groups excluding carboxylic acids is 1. The second kappa shape index (κ2) is 4.37. The lowest BCUT2D eigenvalue weighted by Crippen LogP contribution is -2.18. The Morgan fingerprint density at radius 2 is 1.89 bits per heavy atom. The molecule has 1 aromatic carbocycles. The van der Waals surface area contributed by atoms with Crippen LogP contribution >= 0.6 is 0 Å². The fraction of sp³-hybridized carbons (Fsp3) is 0.357. The highest BCUT2D eigenvalue weighted by atomic mass is 16.1. The van der Waals surface area contributed by atoms with Crippen molar-refractivity contribution in [3.63, 3.8) is 0 Å². The zero-order valence-corrected chi connectivity index (χ0v) is 11.1. The number of ketones is 1. The van der Waals surface area contributed by atoms with Gasteiger partial charge in [0.05, 0.1) is 6.20 Å². The normalized spacial score (nSPS) is 11.6. The van der Waals surface area contributed by atoms with Gasteiger partial charge in [0.2, 0.25) is 5.78 Å². The maximum Gasteiger partial charge on any atom is 0.212 e. The van der Waals surface area contributed by atoms with Crippen molar-refractivity contribution in [3.05, 3.63) is 47.3 Å². The maximum atomic E-state index is 12.5. The quantitative estimate of drug-likeness (QED) is 0.761. The van der Waals surface area contributed by atoms with Crippen LogP contribution in [0.2, 0.25) is 0 Å². The molecule has 1 heterocycles. The minimum atomic E-state index is -0.0712. The molecule has 0 bridgehead atoms. The number of benzene rings is 1. The van der Waals surface area contributed by atoms with Gasteiger partial charge in [0.25, 0.3) is 0 Å². The van der Waals surface area contributed by atoms with Crippen molar-refractivity contribution in [1.29, 1.82) is 0 Å². The molecule has 1 aromatic heterocycles. The zero-order valence-electron chi connectivity index (χ0n) is 11.1. The molecule has 0 aliphatic carbocycles. The Balaban J connectivity index is 2.53. The van der Waals surface area contributed by atoms with Crippen molar-refractivity contribution in [1.82, 2.24) is 15.0 Å². The van der Waals surface area contributed by atoms with Gasteiger partial charge in [0.1, 0.15) is 5.69 Å². The summed E-state index contributed by atoms with van der Waals surface area (Å²) in [6.07, 6.45) is 1.50. The first-order valence-corrected chi connectivity index (χ1v) is 5.90. The monoisotopic (exact) mass is 243 g/mol. The summed E-state index contributed by atoms with van der Waals surface area (Å²) in [6.45, 7) is 6.29. The molecule has 0 amide bonds. The first-order chi connectivity index (χ1) is 8.41. The lowest BCUT2D eigenvalue weighted by atomic mass is 9.82. The van der Waals surface area contributed by atoms with Gasteiger partial charge < -0.3 is 0 Å². The van der Waals surface area contributed by atoms with Crippen molar-refractivity contribution in [2.24, 2.45) is 7.05 Å². The summed E-state index contributed by atoms with van der Waals surface area (Å²) in [4.78, 5) is 12.5. The fourth-order valence-corrected chi connectivity index (χ4v) is 1.97. The average molecular weight is 243 g/mol. The number of aromatic nitrogens is 3. The SMILES string of the molecule is Cn1nncc1C(=O)c1ccccc1C(C)(C)C. The predicted molar refractivity (Wildman–Crippen MR) is 69.6 cm³/mol. The third-order valence-corrected chi connectivity index (χ3v) is 2.93. The second-order valence-electron chi connectivity index (χ2n) is 5.37. The molecule has 0 saturated carbocycles. The number of aryl methyl sites for hydroxylation is 1. The van der Waals surface area contributed by atoms with Crippen molar-refractivity contribution in [2.75, 3.05) is 0 Å². The summed E-state index contributed by atoms with van der Waals surface area (Å²) in [6, 6.07) is 7.69. The molecule has 4 heteroatoms. The molecule has 0 saturated heterocycles. The number of carbonyl (C=O) groups is 1. The van der Waals surface area contributed by atoms with Crippen molar-refractivity contribution >= 4 is 5.78 Å². The third-order valence-electron chi connectivity index (χ3n) is 2.93. The van der Waals surface area contributed by atoms with Gasteiger partial charge in [0, 0.05) is 12.6 Å². The number of nitrogens with zero attached hydrogens (tertiary/aromatic N) is 3. The van der Waals surface area contributed by atoms with E-state index in [-0.39, 0.29) is 11.2 Å². The maximum absolute atomic E-state index is 12.5. The van der Waals surface area contributed by atoms with Crippen LogP contribution in [0, 0.1) is 0 Å². The molecule has 0 radical (unpaired) electrons. The summed E-state index contributed by atoms with van der Waals surface area (Å²) in [5, 5.41) is 7.55. The minimum absolute atomic E-state index is 0.0342. The van der Waals surface area contributed by atoms with Crippen LogP contribution in [0.1, 0.15) is 42.4 Å². The molecule has 18 heavy (non-hydrogen) atoms. The molecule has 0 spiro atoms. The van der Waals surface area contributed by atoms with E-state index in [9.17, 15) is 4.79 Å². The Bertz CT molecular complexity index is 579. The van der Waals surface area contributed by atoms with Gasteiger partial charge in [0.15, 0.2) is 0 Å². The van der Waals surface area contributed by atoms with Crippen LogP contribution in [-0.2, 0) is 12.5 Å². The van der Waals surface area contributed by atoms with Crippen LogP contribution in [-0.4, -0.2) is 20.8 Å². The summed E-state index contributed by atoms with van der Waals surface area (Å²) >= 11 is 0. The van der Waals surface area contributed by atoms with Crippen molar-refractivity contribution in [3.8, 4) is 0 Å². The third kappa shape index (κ3) is 2.18. The Morgan fingerprint density at radius 1 is 1.22 bits per heavy atom. The topological polar surface area (TPSA) is 47.8 Å². The molecule has 2 rings (SSSR count). The minimum Gasteiger partial charge on any atom is -0.287 e. The lowest BCUT2D eigenvalue weighted by Gasteiger charge is -2.22. The molecule has 2 aromatic rings. The molecule has 94 valence electrons. The molecule has 0 N–H and O–H groups in total. The largest absolute Gasteiger partial charge is 0.287 e. The Labute approximate surface area is 107 Å². The number of rotatable bonds is 2. The van der Waals surface area contributed by atoms with Gasteiger partial charge in [-0.3, -0.25) is 4.79 Å². The summed E-state index contributed by atoms with van der Waals surface area (Å²) in [7, 11) is 1.72. The standard InChI is InChI=1S/C14H17N3O/c1-14(2,3)11-8-6-5-7-10(11)13(18)12-9-15-16-17(12)4/h5-9H,1-4H3. The Kier molecular flexibility index (Phi) is 3.03. The van der Waals surface area contributed by atoms with Gasteiger partial charge >= 0.3 is 0 Å². The number of hydrogen-bond donors (Lipinski definition) is 0. The molecule has 4 nitrogen and oxygen atoms in total. The highest BCUT2D eigenvalue weighted by Gasteiger charge is 2.23. The molecule has 0 aliphatic rings. The van der Waals surface area contributed by atoms with Gasteiger partial charge in [-0.1, -0.05) is 50.3 Å². The van der Waals surface area contributed by atoms with E-state index < -0.39 is 0 Å². The van der Waals surface area contributed by atoms with Crippen LogP contribution in [0.4, 0.5) is 0 Å². The van der Waals surface area contributed by atoms with E-state index in [1.807, 2.05) is 24.3 Å². The first kappa shape index (κ1) is 12.5. The molecule has 0 atom stereocenters. The van der Waals surface area contributed by atoms with E-state index in [1.54, 1.807) is 7.05 Å². The van der Waals surface area contributed by atoms with Crippen LogP contribution in [0.25, 0.3) is 0 Å². The first-order valence-electron chi connectivity index (χ1n) is 5.90. The van der Waals surface area contributed by atoms with Crippen LogP contribution < -0.4 is 0 Å². The summed E-state index contributed by atoms with van der Waals surface area (Å²) in [5.41, 5.74) is 2.19. The van der Waals surface area contributed by atoms with Crippen LogP contribution in [0.3, 0.4) is 0 Å². The van der Waals surface area contributed by atoms with E-state index in [0.29, 0.717) is 5.69 Å². The van der Waals surface area contributed by atoms with Gasteiger partial charge in [-0.05, 0) is 11.0 Å². The second-order valence-corrected chi connectivity index (χ2v) is 5.37. The smallest absolute Gasteiger partial charge is 0.212 e. The average Bonchev–Trinajstić information content (AvgIpc) is 2.73. The summed E-state index contributed by atoms with van der Waals surface area (Å²) < 4.78 is 1.50. The van der Waals surface area contributed by atoms with Crippen LogP contribution in [0.15, 0.2) is 30.5 Å². The Morgan fingerprint density at radius 3 is 2.44 bits per heavy atom. The molecular weight excluding hydrogens is 226 g/mol. The fourth-order valence-electron chi connectivity index (χ4n) is 1.97. The highest BCUT2D eigenvalue weighted by molar-refractivity contribution is 6.08. The van der Waals surface area contributed by atoms with E-state index in [2.05, 4.69) is 31.1 Å². The van der Waals surface area contributed by atoms with E-state index >= 15 is 0 Å². The molecule has 0 fully saturated rings. The molecule has 0 aliphatic heterocycles. The predicted octanol–water partition coefficient (Wildman–Crippen LogP) is 2.34. The highest BCUT2D eigenvalue weighted by Crippen LogP contribution is 2.27. The van der Waals surface area contributed by atoms with E-state index in [1.165, 1.54) is 10.9 Å². The van der Waals surface area contributed by atoms with Gasteiger partial charge in [-0.15, -0.1) is 5.10 Å². The zero-order chi connectivity index (χ0) is 13.3. The Hall–Kier alpha value is -1.97.